The number of rotatable bonds is 6. The van der Waals surface area contributed by atoms with E-state index in [2.05, 4.69) is 29.6 Å². The quantitative estimate of drug-likeness (QED) is 0.659. The number of ether oxygens (including phenoxy) is 2. The third-order valence-corrected chi connectivity index (χ3v) is 7.38. The molecule has 0 radical (unpaired) electrons. The van der Waals surface area contributed by atoms with Crippen molar-refractivity contribution in [3.05, 3.63) is 59.7 Å². The van der Waals surface area contributed by atoms with Crippen molar-refractivity contribution >= 4 is 18.0 Å². The maximum Gasteiger partial charge on any atom is 0.407 e. The molecule has 5 rings (SSSR count). The van der Waals surface area contributed by atoms with E-state index in [1.54, 1.807) is 0 Å². The summed E-state index contributed by atoms with van der Waals surface area (Å²) < 4.78 is 11.3. The smallest absolute Gasteiger partial charge is 0.407 e. The SMILES string of the molecule is O=C(NC[C@H]1CCO[C@H]1C(=O)N1CCCC[C@@H]1C(=O)O)OCC1c2ccccc2-c2ccccc21. The zero-order valence-corrected chi connectivity index (χ0v) is 19.5. The maximum absolute atomic E-state index is 13.1. The van der Waals surface area contributed by atoms with Crippen molar-refractivity contribution in [2.45, 2.75) is 43.7 Å². The minimum atomic E-state index is -0.982. The van der Waals surface area contributed by atoms with Crippen molar-refractivity contribution in [1.82, 2.24) is 10.2 Å². The van der Waals surface area contributed by atoms with Crippen molar-refractivity contribution in [3.8, 4) is 11.1 Å². The van der Waals surface area contributed by atoms with Crippen LogP contribution in [0.3, 0.4) is 0 Å². The molecule has 3 aliphatic rings. The molecule has 0 aromatic heterocycles. The molecule has 0 unspecified atom stereocenters. The van der Waals surface area contributed by atoms with Crippen LogP contribution in [0.25, 0.3) is 11.1 Å². The molecule has 2 saturated heterocycles. The van der Waals surface area contributed by atoms with E-state index in [1.165, 1.54) is 16.0 Å². The molecule has 2 heterocycles. The molecule has 2 N–H and O–H groups in total. The van der Waals surface area contributed by atoms with Crippen LogP contribution in [0.5, 0.6) is 0 Å². The molecule has 2 aromatic carbocycles. The molecule has 35 heavy (non-hydrogen) atoms. The summed E-state index contributed by atoms with van der Waals surface area (Å²) in [6, 6.07) is 15.5. The summed E-state index contributed by atoms with van der Waals surface area (Å²) >= 11 is 0. The topological polar surface area (TPSA) is 105 Å². The number of hydrogen-bond acceptors (Lipinski definition) is 5. The van der Waals surface area contributed by atoms with Crippen molar-refractivity contribution in [2.75, 3.05) is 26.3 Å². The fourth-order valence-electron chi connectivity index (χ4n) is 5.60. The minimum absolute atomic E-state index is 0.0238. The number of likely N-dealkylation sites (tertiary alicyclic amines) is 1. The van der Waals surface area contributed by atoms with Gasteiger partial charge in [-0.2, -0.15) is 0 Å². The number of carbonyl (C=O) groups is 3. The summed E-state index contributed by atoms with van der Waals surface area (Å²) in [6.07, 6.45) is 1.36. The second-order valence-corrected chi connectivity index (χ2v) is 9.43. The number of carboxylic acid groups (broad SMARTS) is 1. The fraction of sp³-hybridized carbons (Fsp3) is 0.444. The highest BCUT2D eigenvalue weighted by molar-refractivity contribution is 5.87. The first-order valence-electron chi connectivity index (χ1n) is 12.3. The Kier molecular flexibility index (Phi) is 6.72. The second-order valence-electron chi connectivity index (χ2n) is 9.43. The molecule has 8 heteroatoms. The highest BCUT2D eigenvalue weighted by atomic mass is 16.5. The van der Waals surface area contributed by atoms with Crippen LogP contribution < -0.4 is 5.32 Å². The largest absolute Gasteiger partial charge is 0.480 e. The van der Waals surface area contributed by atoms with Crippen LogP contribution in [0.4, 0.5) is 4.79 Å². The summed E-state index contributed by atoms with van der Waals surface area (Å²) in [7, 11) is 0. The third kappa shape index (κ3) is 4.62. The van der Waals surface area contributed by atoms with Crippen LogP contribution in [-0.4, -0.2) is 66.4 Å². The van der Waals surface area contributed by atoms with Crippen molar-refractivity contribution < 1.29 is 29.0 Å². The van der Waals surface area contributed by atoms with Crippen LogP contribution in [0.2, 0.25) is 0 Å². The second kappa shape index (κ2) is 10.1. The molecule has 0 spiro atoms. The monoisotopic (exact) mass is 478 g/mol. The van der Waals surface area contributed by atoms with E-state index in [9.17, 15) is 19.5 Å². The van der Waals surface area contributed by atoms with Crippen molar-refractivity contribution in [1.29, 1.82) is 0 Å². The summed E-state index contributed by atoms with van der Waals surface area (Å²) in [4.78, 5) is 38.7. The number of aliphatic carboxylic acids is 1. The van der Waals surface area contributed by atoms with Gasteiger partial charge < -0.3 is 24.8 Å². The zero-order chi connectivity index (χ0) is 24.4. The number of benzene rings is 2. The number of alkyl carbamates (subject to hydrolysis) is 1. The molecule has 0 saturated carbocycles. The van der Waals surface area contributed by atoms with Crippen molar-refractivity contribution in [2.24, 2.45) is 5.92 Å². The molecule has 3 atom stereocenters. The Bertz CT molecular complexity index is 1070. The lowest BCUT2D eigenvalue weighted by Crippen LogP contribution is -2.53. The molecular formula is C27H30N2O6. The molecule has 2 amide bonds. The van der Waals surface area contributed by atoms with Gasteiger partial charge in [-0.05, 0) is 47.9 Å². The Balaban J connectivity index is 1.17. The van der Waals surface area contributed by atoms with Crippen LogP contribution in [0.15, 0.2) is 48.5 Å². The molecule has 2 aromatic rings. The van der Waals surface area contributed by atoms with Gasteiger partial charge in [-0.1, -0.05) is 48.5 Å². The van der Waals surface area contributed by atoms with Crippen molar-refractivity contribution in [3.63, 3.8) is 0 Å². The van der Waals surface area contributed by atoms with E-state index in [-0.39, 0.29) is 30.9 Å². The zero-order valence-electron chi connectivity index (χ0n) is 19.5. The average Bonchev–Trinajstić information content (AvgIpc) is 3.48. The molecular weight excluding hydrogens is 448 g/mol. The van der Waals surface area contributed by atoms with E-state index in [0.717, 1.165) is 24.0 Å². The summed E-state index contributed by atoms with van der Waals surface area (Å²) in [5, 5.41) is 12.3. The minimum Gasteiger partial charge on any atom is -0.480 e. The van der Waals surface area contributed by atoms with Gasteiger partial charge in [-0.15, -0.1) is 0 Å². The van der Waals surface area contributed by atoms with Gasteiger partial charge in [-0.3, -0.25) is 4.79 Å². The van der Waals surface area contributed by atoms with Gasteiger partial charge in [-0.25, -0.2) is 9.59 Å². The van der Waals surface area contributed by atoms with E-state index in [1.807, 2.05) is 24.3 Å². The van der Waals surface area contributed by atoms with Gasteiger partial charge in [0, 0.05) is 31.5 Å². The number of hydrogen-bond donors (Lipinski definition) is 2. The molecule has 1 aliphatic carbocycles. The standard InChI is InChI=1S/C27H30N2O6/c30-25(29-13-6-5-11-23(29)26(31)32)24-17(12-14-34-24)15-28-27(33)35-16-22-20-9-3-1-7-18(20)19-8-2-4-10-21(19)22/h1-4,7-10,17,22-24H,5-6,11-16H2,(H,28,33)(H,31,32)/t17-,23-,24-/m1/s1. The number of carbonyl (C=O) groups excluding carboxylic acids is 2. The van der Waals surface area contributed by atoms with Gasteiger partial charge in [0.1, 0.15) is 18.8 Å². The first kappa shape index (κ1) is 23.4. The lowest BCUT2D eigenvalue weighted by molar-refractivity contribution is -0.157. The Hall–Kier alpha value is -3.39. The van der Waals surface area contributed by atoms with E-state index >= 15 is 0 Å². The first-order chi connectivity index (χ1) is 17.0. The number of carboxylic acids is 1. The van der Waals surface area contributed by atoms with Gasteiger partial charge >= 0.3 is 12.1 Å². The summed E-state index contributed by atoms with van der Waals surface area (Å²) in [5.74, 6) is -1.53. The predicted molar refractivity (Wildman–Crippen MR) is 128 cm³/mol. The lowest BCUT2D eigenvalue weighted by atomic mass is 9.96. The third-order valence-electron chi connectivity index (χ3n) is 7.38. The van der Waals surface area contributed by atoms with Gasteiger partial charge in [0.2, 0.25) is 0 Å². The Labute approximate surface area is 204 Å². The van der Waals surface area contributed by atoms with Crippen LogP contribution in [-0.2, 0) is 19.1 Å². The molecule has 0 bridgehead atoms. The average molecular weight is 479 g/mol. The van der Waals surface area contributed by atoms with Crippen LogP contribution in [0.1, 0.15) is 42.7 Å². The molecule has 8 nitrogen and oxygen atoms in total. The van der Waals surface area contributed by atoms with E-state index < -0.39 is 24.2 Å². The molecule has 184 valence electrons. The lowest BCUT2D eigenvalue weighted by Gasteiger charge is -2.35. The normalized spacial score (nSPS) is 23.4. The number of nitrogens with one attached hydrogen (secondary N) is 1. The highest BCUT2D eigenvalue weighted by Gasteiger charge is 2.41. The molecule has 2 aliphatic heterocycles. The first-order valence-corrected chi connectivity index (χ1v) is 12.3. The highest BCUT2D eigenvalue weighted by Crippen LogP contribution is 2.44. The van der Waals surface area contributed by atoms with Gasteiger partial charge in [0.25, 0.3) is 5.91 Å². The number of amides is 2. The van der Waals surface area contributed by atoms with Gasteiger partial charge in [0.15, 0.2) is 0 Å². The maximum atomic E-state index is 13.1. The summed E-state index contributed by atoms with van der Waals surface area (Å²) in [5.41, 5.74) is 4.62. The Morgan fingerprint density at radius 3 is 2.37 bits per heavy atom. The Morgan fingerprint density at radius 1 is 1.00 bits per heavy atom. The number of piperidine rings is 1. The Morgan fingerprint density at radius 2 is 1.69 bits per heavy atom. The van der Waals surface area contributed by atoms with Gasteiger partial charge in [0.05, 0.1) is 0 Å². The van der Waals surface area contributed by atoms with Crippen LogP contribution >= 0.6 is 0 Å². The molecule has 2 fully saturated rings. The fourth-order valence-corrected chi connectivity index (χ4v) is 5.60. The van der Waals surface area contributed by atoms with E-state index in [0.29, 0.717) is 26.0 Å². The predicted octanol–water partition coefficient (Wildman–Crippen LogP) is 3.40. The van der Waals surface area contributed by atoms with E-state index in [4.69, 9.17) is 9.47 Å². The summed E-state index contributed by atoms with van der Waals surface area (Å²) in [6.45, 7) is 1.28. The number of fused-ring (bicyclic) bond motifs is 3. The van der Waals surface area contributed by atoms with Crippen LogP contribution in [0, 0.1) is 5.92 Å². The number of nitrogens with zero attached hydrogens (tertiary/aromatic N) is 1.